The molecule has 1 unspecified atom stereocenters. The van der Waals surface area contributed by atoms with E-state index >= 15 is 0 Å². The van der Waals surface area contributed by atoms with Crippen LogP contribution in [0, 0.1) is 0 Å². The first kappa shape index (κ1) is 18.8. The van der Waals surface area contributed by atoms with E-state index in [2.05, 4.69) is 35.7 Å². The van der Waals surface area contributed by atoms with Crippen molar-refractivity contribution in [2.24, 2.45) is 0 Å². The highest BCUT2D eigenvalue weighted by Gasteiger charge is 2.15. The summed E-state index contributed by atoms with van der Waals surface area (Å²) < 4.78 is 26.5. The van der Waals surface area contributed by atoms with Crippen LogP contribution in [0.15, 0.2) is 0 Å². The van der Waals surface area contributed by atoms with Crippen molar-refractivity contribution in [2.75, 3.05) is 38.5 Å². The van der Waals surface area contributed by atoms with Gasteiger partial charge in [-0.1, -0.05) is 20.8 Å². The second kappa shape index (κ2) is 10.6. The number of sulfonamides is 1. The molecule has 0 saturated carbocycles. The van der Waals surface area contributed by atoms with Crippen molar-refractivity contribution in [3.05, 3.63) is 0 Å². The highest BCUT2D eigenvalue weighted by Crippen LogP contribution is 1.96. The molecular formula is C13H31N3O2S. The molecule has 0 rings (SSSR count). The normalized spacial score (nSPS) is 13.9. The fraction of sp³-hybridized carbons (Fsp3) is 1.00. The lowest BCUT2D eigenvalue weighted by atomic mass is 10.3. The lowest BCUT2D eigenvalue weighted by molar-refractivity contribution is 0.282. The Morgan fingerprint density at radius 3 is 2.26 bits per heavy atom. The summed E-state index contributed by atoms with van der Waals surface area (Å²) in [6.07, 6.45) is 1.74. The summed E-state index contributed by atoms with van der Waals surface area (Å²) in [5, 5.41) is 3.21. The van der Waals surface area contributed by atoms with Gasteiger partial charge in [0, 0.05) is 12.6 Å². The zero-order valence-electron chi connectivity index (χ0n) is 12.9. The van der Waals surface area contributed by atoms with Crippen LogP contribution in [0.4, 0.5) is 0 Å². The molecular weight excluding hydrogens is 262 g/mol. The van der Waals surface area contributed by atoms with Crippen molar-refractivity contribution >= 4 is 10.0 Å². The lowest BCUT2D eigenvalue weighted by Crippen LogP contribution is -2.42. The van der Waals surface area contributed by atoms with E-state index in [1.807, 2.05) is 6.92 Å². The predicted molar refractivity (Wildman–Crippen MR) is 82.0 cm³/mol. The molecule has 6 heteroatoms. The third-order valence-corrected chi connectivity index (χ3v) is 4.59. The average molecular weight is 293 g/mol. The maximum atomic E-state index is 11.9. The van der Waals surface area contributed by atoms with Crippen molar-refractivity contribution in [1.29, 1.82) is 0 Å². The molecule has 0 aliphatic heterocycles. The van der Waals surface area contributed by atoms with Gasteiger partial charge in [0.25, 0.3) is 0 Å². The van der Waals surface area contributed by atoms with E-state index in [0.717, 1.165) is 39.1 Å². The fourth-order valence-corrected chi connectivity index (χ4v) is 3.29. The van der Waals surface area contributed by atoms with Crippen LogP contribution in [-0.4, -0.2) is 57.8 Å². The molecule has 0 aliphatic rings. The molecule has 0 amide bonds. The smallest absolute Gasteiger partial charge is 0.211 e. The first-order valence-corrected chi connectivity index (χ1v) is 9.03. The summed E-state index contributed by atoms with van der Waals surface area (Å²) in [5.41, 5.74) is 0. The molecule has 5 nitrogen and oxygen atoms in total. The van der Waals surface area contributed by atoms with E-state index in [9.17, 15) is 8.42 Å². The van der Waals surface area contributed by atoms with Gasteiger partial charge in [0.1, 0.15) is 0 Å². The van der Waals surface area contributed by atoms with Crippen molar-refractivity contribution in [3.63, 3.8) is 0 Å². The van der Waals surface area contributed by atoms with E-state index < -0.39 is 10.0 Å². The second-order valence-corrected chi connectivity index (χ2v) is 6.80. The summed E-state index contributed by atoms with van der Waals surface area (Å²) in [6, 6.07) is -0.0338. The summed E-state index contributed by atoms with van der Waals surface area (Å²) >= 11 is 0. The monoisotopic (exact) mass is 293 g/mol. The number of nitrogens with zero attached hydrogens (tertiary/aromatic N) is 1. The van der Waals surface area contributed by atoms with Crippen molar-refractivity contribution in [3.8, 4) is 0 Å². The molecule has 0 aromatic heterocycles. The Kier molecular flexibility index (Phi) is 10.5. The van der Waals surface area contributed by atoms with Gasteiger partial charge in [0.15, 0.2) is 0 Å². The molecule has 0 spiro atoms. The van der Waals surface area contributed by atoms with Gasteiger partial charge in [0.05, 0.1) is 5.75 Å². The van der Waals surface area contributed by atoms with Crippen LogP contribution in [0.3, 0.4) is 0 Å². The molecule has 1 atom stereocenters. The minimum absolute atomic E-state index is 0.0338. The van der Waals surface area contributed by atoms with Gasteiger partial charge in [-0.05, 0) is 45.9 Å². The van der Waals surface area contributed by atoms with Crippen molar-refractivity contribution < 1.29 is 8.42 Å². The van der Waals surface area contributed by atoms with Crippen LogP contribution in [0.25, 0.3) is 0 Å². The molecule has 0 radical (unpaired) electrons. The first-order valence-electron chi connectivity index (χ1n) is 7.38. The van der Waals surface area contributed by atoms with Crippen LogP contribution in [0.2, 0.25) is 0 Å². The minimum atomic E-state index is -3.15. The van der Waals surface area contributed by atoms with Gasteiger partial charge in [-0.15, -0.1) is 0 Å². The van der Waals surface area contributed by atoms with Gasteiger partial charge in [0.2, 0.25) is 10.0 Å². The summed E-state index contributed by atoms with van der Waals surface area (Å²) in [7, 11) is -3.15. The first-order chi connectivity index (χ1) is 8.95. The zero-order valence-corrected chi connectivity index (χ0v) is 13.7. The highest BCUT2D eigenvalue weighted by molar-refractivity contribution is 7.89. The van der Waals surface area contributed by atoms with Gasteiger partial charge < -0.3 is 10.2 Å². The standard InChI is InChI=1S/C13H31N3O2S/c1-5-9-14-10-8-11-19(17,18)15-13(4)12-16(6-2)7-3/h13-15H,5-12H2,1-4H3. The minimum Gasteiger partial charge on any atom is -0.317 e. The summed E-state index contributed by atoms with van der Waals surface area (Å²) in [4.78, 5) is 2.22. The zero-order chi connectivity index (χ0) is 14.7. The number of likely N-dealkylation sites (N-methyl/N-ethyl adjacent to an activating group) is 1. The number of rotatable bonds is 12. The predicted octanol–water partition coefficient (Wildman–Crippen LogP) is 1.03. The van der Waals surface area contributed by atoms with Crippen LogP contribution in [-0.2, 0) is 10.0 Å². The Bertz CT molecular complexity index is 303. The SMILES string of the molecule is CCCNCCCS(=O)(=O)NC(C)CN(CC)CC. The average Bonchev–Trinajstić information content (AvgIpc) is 2.35. The van der Waals surface area contributed by atoms with Crippen molar-refractivity contribution in [1.82, 2.24) is 14.9 Å². The molecule has 19 heavy (non-hydrogen) atoms. The van der Waals surface area contributed by atoms with Gasteiger partial charge in [-0.3, -0.25) is 0 Å². The van der Waals surface area contributed by atoms with Gasteiger partial charge in [-0.25, -0.2) is 13.1 Å². The summed E-state index contributed by atoms with van der Waals surface area (Å²) in [6.45, 7) is 12.6. The largest absolute Gasteiger partial charge is 0.317 e. The lowest BCUT2D eigenvalue weighted by Gasteiger charge is -2.23. The number of hydrogen-bond donors (Lipinski definition) is 2. The maximum absolute atomic E-state index is 11.9. The Labute approximate surface area is 119 Å². The molecule has 0 bridgehead atoms. The summed E-state index contributed by atoms with van der Waals surface area (Å²) in [5.74, 6) is 0.201. The third-order valence-electron chi connectivity index (χ3n) is 3.00. The van der Waals surface area contributed by atoms with Crippen LogP contribution >= 0.6 is 0 Å². The molecule has 0 fully saturated rings. The van der Waals surface area contributed by atoms with Gasteiger partial charge >= 0.3 is 0 Å². The molecule has 2 N–H and O–H groups in total. The Hall–Kier alpha value is -0.170. The number of hydrogen-bond acceptors (Lipinski definition) is 4. The quantitative estimate of drug-likeness (QED) is 0.528. The van der Waals surface area contributed by atoms with E-state index in [0.29, 0.717) is 6.42 Å². The van der Waals surface area contributed by atoms with Crippen LogP contribution in [0.1, 0.15) is 40.5 Å². The molecule has 0 aliphatic carbocycles. The third kappa shape index (κ3) is 10.3. The van der Waals surface area contributed by atoms with Gasteiger partial charge in [-0.2, -0.15) is 0 Å². The maximum Gasteiger partial charge on any atom is 0.211 e. The Balaban J connectivity index is 3.93. The molecule has 0 aromatic carbocycles. The highest BCUT2D eigenvalue weighted by atomic mass is 32.2. The van der Waals surface area contributed by atoms with Crippen LogP contribution < -0.4 is 10.0 Å². The second-order valence-electron chi connectivity index (χ2n) is 4.93. The molecule has 0 saturated heterocycles. The van der Waals surface area contributed by atoms with Crippen molar-refractivity contribution in [2.45, 2.75) is 46.6 Å². The molecule has 0 aromatic rings. The van der Waals surface area contributed by atoms with E-state index in [-0.39, 0.29) is 11.8 Å². The molecule has 116 valence electrons. The fourth-order valence-electron chi connectivity index (χ4n) is 1.96. The van der Waals surface area contributed by atoms with E-state index in [1.165, 1.54) is 0 Å². The number of nitrogens with one attached hydrogen (secondary N) is 2. The van der Waals surface area contributed by atoms with E-state index in [1.54, 1.807) is 0 Å². The van der Waals surface area contributed by atoms with Crippen LogP contribution in [0.5, 0.6) is 0 Å². The molecule has 0 heterocycles. The van der Waals surface area contributed by atoms with E-state index in [4.69, 9.17) is 0 Å². The Morgan fingerprint density at radius 2 is 1.74 bits per heavy atom. The topological polar surface area (TPSA) is 61.4 Å². The Morgan fingerprint density at radius 1 is 1.11 bits per heavy atom.